The van der Waals surface area contributed by atoms with Crippen LogP contribution < -0.4 is 11.3 Å². The Balaban J connectivity index is 2.01. The van der Waals surface area contributed by atoms with Gasteiger partial charge in [-0.15, -0.1) is 0 Å². The van der Waals surface area contributed by atoms with Crippen molar-refractivity contribution in [2.45, 2.75) is 31.7 Å². The second-order valence-corrected chi connectivity index (χ2v) is 4.18. The van der Waals surface area contributed by atoms with E-state index in [9.17, 15) is 0 Å². The second-order valence-electron chi connectivity index (χ2n) is 4.18. The Morgan fingerprint density at radius 2 is 2.50 bits per heavy atom. The van der Waals surface area contributed by atoms with Crippen molar-refractivity contribution in [2.24, 2.45) is 18.8 Å². The van der Waals surface area contributed by atoms with E-state index in [0.29, 0.717) is 0 Å². The van der Waals surface area contributed by atoms with Crippen LogP contribution in [0.5, 0.6) is 0 Å². The fraction of sp³-hybridized carbons (Fsp3) is 0.700. The lowest BCUT2D eigenvalue weighted by atomic mass is 9.80. The number of nitrogens with one attached hydrogen (secondary N) is 1. The van der Waals surface area contributed by atoms with Crippen molar-refractivity contribution in [1.82, 2.24) is 15.0 Å². The lowest BCUT2D eigenvalue weighted by molar-refractivity contribution is 0.258. The van der Waals surface area contributed by atoms with Gasteiger partial charge in [0.1, 0.15) is 0 Å². The van der Waals surface area contributed by atoms with Crippen LogP contribution in [0.1, 0.15) is 37.4 Å². The molecule has 0 amide bonds. The molecule has 0 radical (unpaired) electrons. The highest BCUT2D eigenvalue weighted by atomic mass is 15.2. The Labute approximate surface area is 84.5 Å². The number of hydrazine groups is 1. The zero-order chi connectivity index (χ0) is 9.97. The summed E-state index contributed by atoms with van der Waals surface area (Å²) < 4.78 is 2.03. The van der Waals surface area contributed by atoms with Crippen LogP contribution in [0.2, 0.25) is 0 Å². The number of nitrogens with two attached hydrogens (primary N) is 1. The van der Waals surface area contributed by atoms with Gasteiger partial charge in [-0.05, 0) is 12.3 Å². The predicted octanol–water partition coefficient (Wildman–Crippen LogP) is 1.11. The normalized spacial score (nSPS) is 19.3. The third-order valence-corrected chi connectivity index (χ3v) is 3.21. The molecule has 2 rings (SSSR count). The van der Waals surface area contributed by atoms with Gasteiger partial charge >= 0.3 is 0 Å². The van der Waals surface area contributed by atoms with Crippen LogP contribution in [-0.2, 0) is 7.05 Å². The SMILES string of the molecule is Cn1cncc1C(CC1CCC1)NN. The van der Waals surface area contributed by atoms with E-state index in [-0.39, 0.29) is 6.04 Å². The summed E-state index contributed by atoms with van der Waals surface area (Å²) in [5, 5.41) is 0. The molecule has 0 aromatic carbocycles. The average Bonchev–Trinajstić information content (AvgIpc) is 2.51. The first kappa shape index (κ1) is 9.68. The number of aryl methyl sites for hydroxylation is 1. The van der Waals surface area contributed by atoms with Crippen LogP contribution in [0.25, 0.3) is 0 Å². The molecule has 0 spiro atoms. The quantitative estimate of drug-likeness (QED) is 0.557. The molecule has 0 bridgehead atoms. The second kappa shape index (κ2) is 4.11. The summed E-state index contributed by atoms with van der Waals surface area (Å²) in [5.41, 5.74) is 4.06. The number of hydrogen-bond acceptors (Lipinski definition) is 3. The van der Waals surface area contributed by atoms with Gasteiger partial charge in [-0.3, -0.25) is 11.3 Å². The first-order valence-corrected chi connectivity index (χ1v) is 5.23. The molecular weight excluding hydrogens is 176 g/mol. The molecule has 4 heteroatoms. The Bertz CT molecular complexity index is 290. The van der Waals surface area contributed by atoms with Crippen LogP contribution >= 0.6 is 0 Å². The van der Waals surface area contributed by atoms with E-state index < -0.39 is 0 Å². The number of rotatable bonds is 4. The van der Waals surface area contributed by atoms with Crippen molar-refractivity contribution in [3.63, 3.8) is 0 Å². The molecule has 1 fully saturated rings. The topological polar surface area (TPSA) is 55.9 Å². The van der Waals surface area contributed by atoms with E-state index in [1.54, 1.807) is 0 Å². The van der Waals surface area contributed by atoms with E-state index >= 15 is 0 Å². The number of hydrogen-bond donors (Lipinski definition) is 2. The van der Waals surface area contributed by atoms with E-state index in [2.05, 4.69) is 10.4 Å². The van der Waals surface area contributed by atoms with E-state index in [1.165, 1.54) is 25.0 Å². The van der Waals surface area contributed by atoms with E-state index in [1.807, 2.05) is 24.1 Å². The van der Waals surface area contributed by atoms with Gasteiger partial charge < -0.3 is 4.57 Å². The summed E-state index contributed by atoms with van der Waals surface area (Å²) in [7, 11) is 2.01. The van der Waals surface area contributed by atoms with Gasteiger partial charge in [0.25, 0.3) is 0 Å². The fourth-order valence-electron chi connectivity index (χ4n) is 2.04. The lowest BCUT2D eigenvalue weighted by Gasteiger charge is -2.29. The Morgan fingerprint density at radius 1 is 1.71 bits per heavy atom. The number of nitrogens with zero attached hydrogens (tertiary/aromatic N) is 2. The molecule has 14 heavy (non-hydrogen) atoms. The lowest BCUT2D eigenvalue weighted by Crippen LogP contribution is -2.32. The number of aromatic nitrogens is 2. The van der Waals surface area contributed by atoms with Crippen LogP contribution in [0.3, 0.4) is 0 Å². The van der Waals surface area contributed by atoms with Gasteiger partial charge in [-0.25, -0.2) is 4.98 Å². The maximum atomic E-state index is 5.57. The van der Waals surface area contributed by atoms with Crippen LogP contribution in [0.4, 0.5) is 0 Å². The van der Waals surface area contributed by atoms with Crippen molar-refractivity contribution in [3.05, 3.63) is 18.2 Å². The molecule has 1 aromatic rings. The first-order valence-electron chi connectivity index (χ1n) is 5.23. The standard InChI is InChI=1S/C10H18N4/c1-14-7-12-6-10(14)9(13-11)5-8-3-2-4-8/h6-9,13H,2-5,11H2,1H3. The summed E-state index contributed by atoms with van der Waals surface area (Å²) >= 11 is 0. The maximum absolute atomic E-state index is 5.57. The summed E-state index contributed by atoms with van der Waals surface area (Å²) in [6.07, 6.45) is 8.94. The zero-order valence-corrected chi connectivity index (χ0v) is 8.61. The van der Waals surface area contributed by atoms with Crippen LogP contribution in [0, 0.1) is 5.92 Å². The minimum Gasteiger partial charge on any atom is -0.336 e. The summed E-state index contributed by atoms with van der Waals surface area (Å²) in [6.45, 7) is 0. The molecule has 1 unspecified atom stereocenters. The average molecular weight is 194 g/mol. The van der Waals surface area contributed by atoms with Gasteiger partial charge in [-0.1, -0.05) is 19.3 Å². The highest BCUT2D eigenvalue weighted by molar-refractivity contribution is 5.05. The highest BCUT2D eigenvalue weighted by Crippen LogP contribution is 2.34. The van der Waals surface area contributed by atoms with E-state index in [4.69, 9.17) is 5.84 Å². The smallest absolute Gasteiger partial charge is 0.0946 e. The van der Waals surface area contributed by atoms with Gasteiger partial charge in [0.05, 0.1) is 18.1 Å². The molecule has 0 saturated heterocycles. The van der Waals surface area contributed by atoms with Crippen LogP contribution in [0.15, 0.2) is 12.5 Å². The third kappa shape index (κ3) is 1.81. The highest BCUT2D eigenvalue weighted by Gasteiger charge is 2.23. The molecule has 1 aromatic heterocycles. The first-order chi connectivity index (χ1) is 6.81. The monoisotopic (exact) mass is 194 g/mol. The predicted molar refractivity (Wildman–Crippen MR) is 55.2 cm³/mol. The van der Waals surface area contributed by atoms with Crippen molar-refractivity contribution in [3.8, 4) is 0 Å². The van der Waals surface area contributed by atoms with Crippen molar-refractivity contribution in [1.29, 1.82) is 0 Å². The summed E-state index contributed by atoms with van der Waals surface area (Å²) in [4.78, 5) is 4.11. The van der Waals surface area contributed by atoms with Gasteiger partial charge in [0.2, 0.25) is 0 Å². The largest absolute Gasteiger partial charge is 0.336 e. The summed E-state index contributed by atoms with van der Waals surface area (Å²) in [5.74, 6) is 6.42. The van der Waals surface area contributed by atoms with Crippen molar-refractivity contribution in [2.75, 3.05) is 0 Å². The molecule has 0 aliphatic heterocycles. The van der Waals surface area contributed by atoms with Crippen molar-refractivity contribution < 1.29 is 0 Å². The molecule has 1 aliphatic carbocycles. The molecule has 4 nitrogen and oxygen atoms in total. The molecule has 78 valence electrons. The molecule has 1 saturated carbocycles. The van der Waals surface area contributed by atoms with E-state index in [0.717, 1.165) is 12.3 Å². The minimum atomic E-state index is 0.257. The third-order valence-electron chi connectivity index (χ3n) is 3.21. The Kier molecular flexibility index (Phi) is 2.84. The van der Waals surface area contributed by atoms with Gasteiger partial charge in [0.15, 0.2) is 0 Å². The van der Waals surface area contributed by atoms with Gasteiger partial charge in [0, 0.05) is 13.2 Å². The van der Waals surface area contributed by atoms with Gasteiger partial charge in [-0.2, -0.15) is 0 Å². The Morgan fingerprint density at radius 3 is 2.93 bits per heavy atom. The minimum absolute atomic E-state index is 0.257. The molecule has 1 aliphatic rings. The summed E-state index contributed by atoms with van der Waals surface area (Å²) in [6, 6.07) is 0.257. The zero-order valence-electron chi connectivity index (χ0n) is 8.61. The van der Waals surface area contributed by atoms with Crippen LogP contribution in [-0.4, -0.2) is 9.55 Å². The van der Waals surface area contributed by atoms with Crippen molar-refractivity contribution >= 4 is 0 Å². The maximum Gasteiger partial charge on any atom is 0.0946 e. The number of imidazole rings is 1. The molecular formula is C10H18N4. The molecule has 1 heterocycles. The fourth-order valence-corrected chi connectivity index (χ4v) is 2.04. The Hall–Kier alpha value is -0.870. The molecule has 3 N–H and O–H groups in total. The molecule has 1 atom stereocenters.